The Morgan fingerprint density at radius 3 is 2.57 bits per heavy atom. The molecule has 0 fully saturated rings. The lowest BCUT2D eigenvalue weighted by molar-refractivity contribution is -0.116. The van der Waals surface area contributed by atoms with E-state index in [1.807, 2.05) is 36.4 Å². The van der Waals surface area contributed by atoms with Gasteiger partial charge in [-0.3, -0.25) is 0 Å². The molecule has 0 spiro atoms. The molecule has 0 amide bonds. The van der Waals surface area contributed by atoms with Gasteiger partial charge in [-0.05, 0) is 31.0 Å². The third kappa shape index (κ3) is 4.24. The molecular weight excluding hydrogens is 196 g/mol. The maximum absolute atomic E-state index is 10.6. The number of Topliss-reactive ketones (excluding diaryl/α,β-unsaturated/α-hetero) is 1. The number of halogens is 1. The van der Waals surface area contributed by atoms with Crippen LogP contribution in [-0.2, 0) is 4.79 Å². The molecule has 0 aliphatic carbocycles. The minimum Gasteiger partial charge on any atom is -0.300 e. The van der Waals surface area contributed by atoms with E-state index in [0.29, 0.717) is 6.42 Å². The summed E-state index contributed by atoms with van der Waals surface area (Å²) < 4.78 is 0. The zero-order valence-corrected chi connectivity index (χ0v) is 8.92. The first kappa shape index (κ1) is 11.0. The van der Waals surface area contributed by atoms with E-state index >= 15 is 0 Å². The molecule has 1 aromatic carbocycles. The Hall–Kier alpha value is -1.08. The molecule has 0 radical (unpaired) electrons. The lowest BCUT2D eigenvalue weighted by Crippen LogP contribution is -1.86. The molecule has 0 N–H and O–H groups in total. The number of carbonyl (C=O) groups is 1. The van der Waals surface area contributed by atoms with E-state index in [4.69, 9.17) is 11.6 Å². The quantitative estimate of drug-likeness (QED) is 0.737. The molecule has 0 unspecified atom stereocenters. The molecule has 1 rings (SSSR count). The molecule has 0 heterocycles. The standard InChI is InChI=1S/C12H13ClO/c1-10(14)4-2-3-5-11-6-8-12(13)9-7-11/h3,5-9H,2,4H2,1H3/b5-3-. The highest BCUT2D eigenvalue weighted by atomic mass is 35.5. The summed E-state index contributed by atoms with van der Waals surface area (Å²) in [5.41, 5.74) is 1.11. The van der Waals surface area contributed by atoms with Gasteiger partial charge in [0.25, 0.3) is 0 Å². The zero-order valence-electron chi connectivity index (χ0n) is 8.16. The number of allylic oxidation sites excluding steroid dienone is 1. The number of hydrogen-bond donors (Lipinski definition) is 0. The number of ketones is 1. The van der Waals surface area contributed by atoms with Gasteiger partial charge in [0.05, 0.1) is 0 Å². The Bertz CT molecular complexity index is 325. The van der Waals surface area contributed by atoms with Gasteiger partial charge < -0.3 is 4.79 Å². The van der Waals surface area contributed by atoms with Crippen molar-refractivity contribution in [2.24, 2.45) is 0 Å². The third-order valence-corrected chi connectivity index (χ3v) is 2.10. The van der Waals surface area contributed by atoms with Crippen LogP contribution in [0.3, 0.4) is 0 Å². The lowest BCUT2D eigenvalue weighted by Gasteiger charge is -1.93. The van der Waals surface area contributed by atoms with Crippen molar-refractivity contribution in [1.29, 1.82) is 0 Å². The molecule has 14 heavy (non-hydrogen) atoms. The van der Waals surface area contributed by atoms with Gasteiger partial charge in [-0.2, -0.15) is 0 Å². The van der Waals surface area contributed by atoms with Gasteiger partial charge in [0, 0.05) is 11.4 Å². The second-order valence-electron chi connectivity index (χ2n) is 3.19. The Morgan fingerprint density at radius 2 is 2.00 bits per heavy atom. The van der Waals surface area contributed by atoms with Crippen LogP contribution in [-0.4, -0.2) is 5.78 Å². The molecular formula is C12H13ClO. The number of benzene rings is 1. The lowest BCUT2D eigenvalue weighted by atomic mass is 10.1. The summed E-state index contributed by atoms with van der Waals surface area (Å²) in [5, 5.41) is 0.742. The van der Waals surface area contributed by atoms with E-state index in [-0.39, 0.29) is 5.78 Å². The second kappa shape index (κ2) is 5.61. The Balaban J connectivity index is 2.44. The van der Waals surface area contributed by atoms with Crippen molar-refractivity contribution < 1.29 is 4.79 Å². The first-order valence-electron chi connectivity index (χ1n) is 4.60. The normalized spacial score (nSPS) is 10.7. The highest BCUT2D eigenvalue weighted by molar-refractivity contribution is 6.30. The monoisotopic (exact) mass is 208 g/mol. The van der Waals surface area contributed by atoms with Crippen molar-refractivity contribution >= 4 is 23.5 Å². The molecule has 74 valence electrons. The molecule has 0 saturated heterocycles. The smallest absolute Gasteiger partial charge is 0.130 e. The van der Waals surface area contributed by atoms with Crippen molar-refractivity contribution in [2.45, 2.75) is 19.8 Å². The molecule has 0 bridgehead atoms. The largest absolute Gasteiger partial charge is 0.300 e. The SMILES string of the molecule is CC(=O)CC/C=C\c1ccc(Cl)cc1. The summed E-state index contributed by atoms with van der Waals surface area (Å²) in [5.74, 6) is 0.228. The molecule has 0 saturated carbocycles. The summed E-state index contributed by atoms with van der Waals surface area (Å²) >= 11 is 5.75. The van der Waals surface area contributed by atoms with Crippen LogP contribution in [0.4, 0.5) is 0 Å². The topological polar surface area (TPSA) is 17.1 Å². The van der Waals surface area contributed by atoms with Gasteiger partial charge >= 0.3 is 0 Å². The fourth-order valence-corrected chi connectivity index (χ4v) is 1.21. The van der Waals surface area contributed by atoms with E-state index in [9.17, 15) is 4.79 Å². The van der Waals surface area contributed by atoms with Crippen molar-refractivity contribution in [2.75, 3.05) is 0 Å². The summed E-state index contributed by atoms with van der Waals surface area (Å²) in [6, 6.07) is 7.61. The fraction of sp³-hybridized carbons (Fsp3) is 0.250. The predicted octanol–water partition coefficient (Wildman–Crippen LogP) is 3.72. The van der Waals surface area contributed by atoms with E-state index < -0.39 is 0 Å². The summed E-state index contributed by atoms with van der Waals surface area (Å²) in [4.78, 5) is 10.6. The van der Waals surface area contributed by atoms with Crippen LogP contribution >= 0.6 is 11.6 Å². The maximum Gasteiger partial charge on any atom is 0.130 e. The van der Waals surface area contributed by atoms with Crippen LogP contribution in [0.1, 0.15) is 25.3 Å². The van der Waals surface area contributed by atoms with Crippen molar-refractivity contribution in [3.8, 4) is 0 Å². The average Bonchev–Trinajstić information content (AvgIpc) is 2.15. The first-order valence-corrected chi connectivity index (χ1v) is 4.98. The first-order chi connectivity index (χ1) is 6.68. The Kier molecular flexibility index (Phi) is 4.41. The summed E-state index contributed by atoms with van der Waals surface area (Å²) in [6.07, 6.45) is 5.42. The van der Waals surface area contributed by atoms with Crippen LogP contribution in [0.5, 0.6) is 0 Å². The Morgan fingerprint density at radius 1 is 1.36 bits per heavy atom. The third-order valence-electron chi connectivity index (χ3n) is 1.84. The maximum atomic E-state index is 10.6. The number of carbonyl (C=O) groups excluding carboxylic acids is 1. The van der Waals surface area contributed by atoms with E-state index in [2.05, 4.69) is 0 Å². The molecule has 2 heteroatoms. The van der Waals surface area contributed by atoms with Gasteiger partial charge in [-0.25, -0.2) is 0 Å². The Labute approximate surface area is 89.4 Å². The summed E-state index contributed by atoms with van der Waals surface area (Å²) in [6.45, 7) is 1.61. The minimum atomic E-state index is 0.228. The van der Waals surface area contributed by atoms with Gasteiger partial charge in [-0.15, -0.1) is 0 Å². The summed E-state index contributed by atoms with van der Waals surface area (Å²) in [7, 11) is 0. The van der Waals surface area contributed by atoms with Crippen molar-refractivity contribution in [1.82, 2.24) is 0 Å². The highest BCUT2D eigenvalue weighted by Gasteiger charge is 1.90. The van der Waals surface area contributed by atoms with E-state index in [1.54, 1.807) is 6.92 Å². The number of hydrogen-bond acceptors (Lipinski definition) is 1. The number of rotatable bonds is 4. The fourth-order valence-electron chi connectivity index (χ4n) is 1.08. The van der Waals surface area contributed by atoms with Gasteiger partial charge in [0.1, 0.15) is 5.78 Å². The van der Waals surface area contributed by atoms with E-state index in [0.717, 1.165) is 17.0 Å². The minimum absolute atomic E-state index is 0.228. The average molecular weight is 209 g/mol. The van der Waals surface area contributed by atoms with Crippen molar-refractivity contribution in [3.05, 3.63) is 40.9 Å². The molecule has 1 nitrogen and oxygen atoms in total. The second-order valence-corrected chi connectivity index (χ2v) is 3.63. The van der Waals surface area contributed by atoms with E-state index in [1.165, 1.54) is 0 Å². The molecule has 0 aromatic heterocycles. The van der Waals surface area contributed by atoms with Crippen LogP contribution < -0.4 is 0 Å². The molecule has 0 aliphatic rings. The van der Waals surface area contributed by atoms with Gasteiger partial charge in [0.15, 0.2) is 0 Å². The van der Waals surface area contributed by atoms with Crippen molar-refractivity contribution in [3.63, 3.8) is 0 Å². The van der Waals surface area contributed by atoms with Gasteiger partial charge in [0.2, 0.25) is 0 Å². The highest BCUT2D eigenvalue weighted by Crippen LogP contribution is 2.10. The molecule has 0 aliphatic heterocycles. The van der Waals surface area contributed by atoms with Crippen LogP contribution in [0, 0.1) is 0 Å². The van der Waals surface area contributed by atoms with Gasteiger partial charge in [-0.1, -0.05) is 35.9 Å². The van der Waals surface area contributed by atoms with Crippen LogP contribution in [0.25, 0.3) is 6.08 Å². The molecule has 1 aromatic rings. The predicted molar refractivity (Wildman–Crippen MR) is 60.4 cm³/mol. The van der Waals surface area contributed by atoms with Crippen LogP contribution in [0.15, 0.2) is 30.3 Å². The van der Waals surface area contributed by atoms with Crippen LogP contribution in [0.2, 0.25) is 5.02 Å². The zero-order chi connectivity index (χ0) is 10.4. The molecule has 0 atom stereocenters.